The number of carbonyl (C=O) groups is 1. The third-order valence-corrected chi connectivity index (χ3v) is 2.97. The van der Waals surface area contributed by atoms with Crippen LogP contribution in [-0.4, -0.2) is 21.8 Å². The van der Waals surface area contributed by atoms with Gasteiger partial charge in [0, 0.05) is 24.6 Å². The van der Waals surface area contributed by atoms with Crippen LogP contribution >= 0.6 is 0 Å². The number of hydrogen-bond donors (Lipinski definition) is 2. The average molecular weight is 260 g/mol. The molecule has 0 fully saturated rings. The lowest BCUT2D eigenvalue weighted by Crippen LogP contribution is -2.26. The van der Waals surface area contributed by atoms with Crippen molar-refractivity contribution in [3.63, 3.8) is 0 Å². The standard InChI is InChI=1S/C14H20N4O/c1-2-3-4-7-16-14(19)8-12-10-18-9-11(15)5-6-13(18)17-12/h5-6,9-10H,2-4,7-8,15H2,1H3,(H,16,19). The Morgan fingerprint density at radius 1 is 1.37 bits per heavy atom. The van der Waals surface area contributed by atoms with Crippen LogP contribution in [-0.2, 0) is 11.2 Å². The van der Waals surface area contributed by atoms with Crippen molar-refractivity contribution >= 4 is 17.2 Å². The van der Waals surface area contributed by atoms with Crippen molar-refractivity contribution in [1.82, 2.24) is 14.7 Å². The van der Waals surface area contributed by atoms with E-state index in [1.165, 1.54) is 0 Å². The van der Waals surface area contributed by atoms with Crippen LogP contribution < -0.4 is 11.1 Å². The number of carbonyl (C=O) groups excluding carboxylic acids is 1. The summed E-state index contributed by atoms with van der Waals surface area (Å²) in [5.41, 5.74) is 7.95. The van der Waals surface area contributed by atoms with Crippen molar-refractivity contribution < 1.29 is 4.79 Å². The number of hydrogen-bond acceptors (Lipinski definition) is 3. The number of nitrogens with one attached hydrogen (secondary N) is 1. The first-order valence-electron chi connectivity index (χ1n) is 6.69. The normalized spacial score (nSPS) is 10.8. The molecular formula is C14H20N4O. The fourth-order valence-electron chi connectivity index (χ4n) is 1.98. The van der Waals surface area contributed by atoms with Gasteiger partial charge in [-0.1, -0.05) is 19.8 Å². The molecule has 102 valence electrons. The Kier molecular flexibility index (Phi) is 4.39. The molecule has 0 aliphatic carbocycles. The van der Waals surface area contributed by atoms with Crippen molar-refractivity contribution in [1.29, 1.82) is 0 Å². The van der Waals surface area contributed by atoms with E-state index in [1.807, 2.05) is 16.7 Å². The fraction of sp³-hybridized carbons (Fsp3) is 0.429. The molecule has 0 aliphatic rings. The maximum Gasteiger partial charge on any atom is 0.226 e. The molecule has 0 atom stereocenters. The van der Waals surface area contributed by atoms with E-state index in [9.17, 15) is 4.79 Å². The summed E-state index contributed by atoms with van der Waals surface area (Å²) in [4.78, 5) is 16.1. The topological polar surface area (TPSA) is 72.4 Å². The highest BCUT2D eigenvalue weighted by Gasteiger charge is 2.07. The molecule has 0 saturated carbocycles. The van der Waals surface area contributed by atoms with E-state index in [4.69, 9.17) is 5.73 Å². The van der Waals surface area contributed by atoms with E-state index in [-0.39, 0.29) is 5.91 Å². The average Bonchev–Trinajstić information content (AvgIpc) is 2.76. The Morgan fingerprint density at radius 3 is 3.00 bits per heavy atom. The predicted molar refractivity (Wildman–Crippen MR) is 75.8 cm³/mol. The first-order chi connectivity index (χ1) is 9.19. The number of nitrogen functional groups attached to an aromatic ring is 1. The molecule has 0 spiro atoms. The van der Waals surface area contributed by atoms with Crippen LogP contribution in [0.15, 0.2) is 24.5 Å². The molecule has 5 heteroatoms. The minimum Gasteiger partial charge on any atom is -0.398 e. The molecule has 19 heavy (non-hydrogen) atoms. The van der Waals surface area contributed by atoms with Crippen molar-refractivity contribution in [2.24, 2.45) is 0 Å². The van der Waals surface area contributed by atoms with Gasteiger partial charge in [0.25, 0.3) is 0 Å². The number of rotatable bonds is 6. The SMILES string of the molecule is CCCCCNC(=O)Cc1cn2cc(N)ccc2n1. The lowest BCUT2D eigenvalue weighted by molar-refractivity contribution is -0.120. The highest BCUT2D eigenvalue weighted by atomic mass is 16.1. The zero-order chi connectivity index (χ0) is 13.7. The molecule has 0 aromatic carbocycles. The number of nitrogens with two attached hydrogens (primary N) is 1. The second kappa shape index (κ2) is 6.22. The first kappa shape index (κ1) is 13.4. The molecule has 2 aromatic heterocycles. The van der Waals surface area contributed by atoms with Crippen LogP contribution in [0.25, 0.3) is 5.65 Å². The number of amides is 1. The van der Waals surface area contributed by atoms with Gasteiger partial charge in [0.1, 0.15) is 5.65 Å². The molecule has 0 bridgehead atoms. The van der Waals surface area contributed by atoms with Crippen molar-refractivity contribution in [3.05, 3.63) is 30.2 Å². The van der Waals surface area contributed by atoms with E-state index in [1.54, 1.807) is 12.3 Å². The molecule has 2 heterocycles. The van der Waals surface area contributed by atoms with E-state index in [0.717, 1.165) is 37.1 Å². The van der Waals surface area contributed by atoms with Crippen molar-refractivity contribution in [2.45, 2.75) is 32.6 Å². The van der Waals surface area contributed by atoms with Crippen LogP contribution in [0, 0.1) is 0 Å². The van der Waals surface area contributed by atoms with Crippen LogP contribution in [0.4, 0.5) is 5.69 Å². The lowest BCUT2D eigenvalue weighted by Gasteiger charge is -2.02. The van der Waals surface area contributed by atoms with Crippen LogP contribution in [0.1, 0.15) is 31.9 Å². The zero-order valence-electron chi connectivity index (χ0n) is 11.2. The third kappa shape index (κ3) is 3.71. The van der Waals surface area contributed by atoms with Gasteiger partial charge < -0.3 is 15.5 Å². The maximum atomic E-state index is 11.7. The number of fused-ring (bicyclic) bond motifs is 1. The molecular weight excluding hydrogens is 240 g/mol. The van der Waals surface area contributed by atoms with Gasteiger partial charge in [0.05, 0.1) is 12.1 Å². The van der Waals surface area contributed by atoms with Gasteiger partial charge in [0.2, 0.25) is 5.91 Å². The van der Waals surface area contributed by atoms with Gasteiger partial charge in [-0.3, -0.25) is 4.79 Å². The number of nitrogens with zero attached hydrogens (tertiary/aromatic N) is 2. The molecule has 5 nitrogen and oxygen atoms in total. The maximum absolute atomic E-state index is 11.7. The molecule has 0 saturated heterocycles. The lowest BCUT2D eigenvalue weighted by atomic mass is 10.2. The Labute approximate surface area is 112 Å². The Balaban J connectivity index is 1.91. The smallest absolute Gasteiger partial charge is 0.226 e. The largest absolute Gasteiger partial charge is 0.398 e. The molecule has 0 aliphatic heterocycles. The second-order valence-electron chi connectivity index (χ2n) is 4.69. The van der Waals surface area contributed by atoms with Crippen molar-refractivity contribution in [2.75, 3.05) is 12.3 Å². The monoisotopic (exact) mass is 260 g/mol. The summed E-state index contributed by atoms with van der Waals surface area (Å²) < 4.78 is 1.84. The summed E-state index contributed by atoms with van der Waals surface area (Å²) in [6.07, 6.45) is 7.29. The van der Waals surface area contributed by atoms with E-state index < -0.39 is 0 Å². The summed E-state index contributed by atoms with van der Waals surface area (Å²) in [6.45, 7) is 2.89. The van der Waals surface area contributed by atoms with E-state index >= 15 is 0 Å². The Bertz CT molecular complexity index is 562. The number of unbranched alkanes of at least 4 members (excludes halogenated alkanes) is 2. The van der Waals surface area contributed by atoms with Crippen LogP contribution in [0.3, 0.4) is 0 Å². The molecule has 3 N–H and O–H groups in total. The highest BCUT2D eigenvalue weighted by Crippen LogP contribution is 2.09. The molecule has 0 radical (unpaired) electrons. The van der Waals surface area contributed by atoms with Gasteiger partial charge in [0.15, 0.2) is 0 Å². The fourth-order valence-corrected chi connectivity index (χ4v) is 1.98. The molecule has 0 unspecified atom stereocenters. The summed E-state index contributed by atoms with van der Waals surface area (Å²) in [5.74, 6) is 0.0208. The first-order valence-corrected chi connectivity index (χ1v) is 6.69. The molecule has 1 amide bonds. The summed E-state index contributed by atoms with van der Waals surface area (Å²) >= 11 is 0. The van der Waals surface area contributed by atoms with Gasteiger partial charge >= 0.3 is 0 Å². The van der Waals surface area contributed by atoms with Crippen LogP contribution in [0.2, 0.25) is 0 Å². The number of anilines is 1. The second-order valence-corrected chi connectivity index (χ2v) is 4.69. The van der Waals surface area contributed by atoms with E-state index in [2.05, 4.69) is 17.2 Å². The molecule has 2 aromatic rings. The minimum absolute atomic E-state index is 0.0208. The predicted octanol–water partition coefficient (Wildman–Crippen LogP) is 1.77. The minimum atomic E-state index is 0.0208. The van der Waals surface area contributed by atoms with Gasteiger partial charge in [-0.2, -0.15) is 0 Å². The van der Waals surface area contributed by atoms with E-state index in [0.29, 0.717) is 12.1 Å². The van der Waals surface area contributed by atoms with Gasteiger partial charge in [-0.25, -0.2) is 4.98 Å². The summed E-state index contributed by atoms with van der Waals surface area (Å²) in [5, 5.41) is 2.91. The summed E-state index contributed by atoms with van der Waals surface area (Å²) in [6, 6.07) is 3.65. The number of pyridine rings is 1. The zero-order valence-corrected chi connectivity index (χ0v) is 11.2. The number of aromatic nitrogens is 2. The third-order valence-electron chi connectivity index (χ3n) is 2.97. The van der Waals surface area contributed by atoms with Gasteiger partial charge in [-0.15, -0.1) is 0 Å². The summed E-state index contributed by atoms with van der Waals surface area (Å²) in [7, 11) is 0. The Morgan fingerprint density at radius 2 is 2.21 bits per heavy atom. The number of imidazole rings is 1. The van der Waals surface area contributed by atoms with Crippen LogP contribution in [0.5, 0.6) is 0 Å². The molecule has 2 rings (SSSR count). The quantitative estimate of drug-likeness (QED) is 0.777. The van der Waals surface area contributed by atoms with Crippen molar-refractivity contribution in [3.8, 4) is 0 Å². The Hall–Kier alpha value is -2.04. The van der Waals surface area contributed by atoms with Gasteiger partial charge in [-0.05, 0) is 18.6 Å². The highest BCUT2D eigenvalue weighted by molar-refractivity contribution is 5.78.